The molecule has 4 rings (SSSR count). The van der Waals surface area contributed by atoms with Gasteiger partial charge in [0.2, 0.25) is 5.95 Å². The fourth-order valence-corrected chi connectivity index (χ4v) is 2.76. The Bertz CT molecular complexity index is 837. The van der Waals surface area contributed by atoms with Gasteiger partial charge in [0, 0.05) is 32.4 Å². The van der Waals surface area contributed by atoms with Crippen LogP contribution in [0, 0.1) is 12.7 Å². The highest BCUT2D eigenvalue weighted by molar-refractivity contribution is 5.43. The van der Waals surface area contributed by atoms with E-state index < -0.39 is 5.82 Å². The third-order valence-electron chi connectivity index (χ3n) is 4.09. The summed E-state index contributed by atoms with van der Waals surface area (Å²) in [6.07, 6.45) is 4.24. The second-order valence-corrected chi connectivity index (χ2v) is 5.83. The van der Waals surface area contributed by atoms with Crippen molar-refractivity contribution < 1.29 is 4.39 Å². The summed E-state index contributed by atoms with van der Waals surface area (Å²) < 4.78 is 14.6. The van der Waals surface area contributed by atoms with Crippen molar-refractivity contribution >= 4 is 11.8 Å². The van der Waals surface area contributed by atoms with Crippen molar-refractivity contribution in [3.63, 3.8) is 0 Å². The maximum atomic E-state index is 12.9. The van der Waals surface area contributed by atoms with Gasteiger partial charge in [0.15, 0.2) is 17.5 Å². The molecule has 0 amide bonds. The van der Waals surface area contributed by atoms with Crippen molar-refractivity contribution in [3.8, 4) is 5.82 Å². The molecule has 25 heavy (non-hydrogen) atoms. The molecule has 0 bridgehead atoms. The van der Waals surface area contributed by atoms with Gasteiger partial charge in [-0.2, -0.15) is 5.10 Å². The topological polar surface area (TPSA) is 75.9 Å². The minimum Gasteiger partial charge on any atom is -0.352 e. The minimum atomic E-state index is -0.426. The molecule has 1 aliphatic heterocycles. The van der Waals surface area contributed by atoms with Gasteiger partial charge in [0.05, 0.1) is 18.1 Å². The maximum absolute atomic E-state index is 12.9. The first kappa shape index (κ1) is 15.4. The first-order valence-corrected chi connectivity index (χ1v) is 8.03. The third-order valence-corrected chi connectivity index (χ3v) is 4.09. The van der Waals surface area contributed by atoms with E-state index in [9.17, 15) is 4.39 Å². The van der Waals surface area contributed by atoms with Crippen LogP contribution in [0.5, 0.6) is 0 Å². The van der Waals surface area contributed by atoms with E-state index >= 15 is 0 Å². The van der Waals surface area contributed by atoms with E-state index in [1.165, 1.54) is 12.4 Å². The highest BCUT2D eigenvalue weighted by Crippen LogP contribution is 2.16. The van der Waals surface area contributed by atoms with Crippen LogP contribution in [-0.4, -0.2) is 56.1 Å². The normalized spacial score (nSPS) is 14.8. The summed E-state index contributed by atoms with van der Waals surface area (Å²) in [4.78, 5) is 12.3. The number of hydrogen-bond acceptors (Lipinski definition) is 7. The molecule has 0 radical (unpaired) electrons. The van der Waals surface area contributed by atoms with Crippen LogP contribution < -0.4 is 9.80 Å². The molecular weight excluding hydrogens is 323 g/mol. The molecule has 0 N–H and O–H groups in total. The molecule has 8 nitrogen and oxygen atoms in total. The summed E-state index contributed by atoms with van der Waals surface area (Å²) in [5.74, 6) is 1.64. The number of aryl methyl sites for hydroxylation is 1. The lowest BCUT2D eigenvalue weighted by Crippen LogP contribution is -2.47. The predicted molar refractivity (Wildman–Crippen MR) is 90.3 cm³/mol. The molecule has 1 saturated heterocycles. The summed E-state index contributed by atoms with van der Waals surface area (Å²) in [5, 5.41) is 12.9. The Balaban J connectivity index is 1.41. The van der Waals surface area contributed by atoms with Crippen molar-refractivity contribution in [1.82, 2.24) is 29.9 Å². The third kappa shape index (κ3) is 3.25. The van der Waals surface area contributed by atoms with Crippen LogP contribution in [0.3, 0.4) is 0 Å². The quantitative estimate of drug-likeness (QED) is 0.710. The van der Waals surface area contributed by atoms with E-state index in [-0.39, 0.29) is 0 Å². The highest BCUT2D eigenvalue weighted by Gasteiger charge is 2.20. The smallest absolute Gasteiger partial charge is 0.225 e. The molecule has 3 aromatic heterocycles. The average Bonchev–Trinajstić information content (AvgIpc) is 3.09. The zero-order valence-electron chi connectivity index (χ0n) is 13.7. The van der Waals surface area contributed by atoms with E-state index in [1.54, 1.807) is 4.68 Å². The van der Waals surface area contributed by atoms with E-state index in [1.807, 2.05) is 36.2 Å². The van der Waals surface area contributed by atoms with Gasteiger partial charge < -0.3 is 9.80 Å². The lowest BCUT2D eigenvalue weighted by atomic mass is 10.3. The number of anilines is 2. The van der Waals surface area contributed by atoms with Crippen molar-refractivity contribution in [1.29, 1.82) is 0 Å². The summed E-state index contributed by atoms with van der Waals surface area (Å²) in [7, 11) is 0. The van der Waals surface area contributed by atoms with Crippen molar-refractivity contribution in [2.24, 2.45) is 0 Å². The molecule has 1 aliphatic rings. The fraction of sp³-hybridized carbons (Fsp3) is 0.312. The summed E-state index contributed by atoms with van der Waals surface area (Å²) in [5.41, 5.74) is 0.935. The fourth-order valence-electron chi connectivity index (χ4n) is 2.76. The molecule has 0 aromatic carbocycles. The zero-order chi connectivity index (χ0) is 17.2. The predicted octanol–water partition coefficient (Wildman–Crippen LogP) is 1.23. The Morgan fingerprint density at radius 3 is 2.12 bits per heavy atom. The monoisotopic (exact) mass is 340 g/mol. The maximum Gasteiger partial charge on any atom is 0.225 e. The molecule has 128 valence electrons. The number of nitrogens with zero attached hydrogens (tertiary/aromatic N) is 8. The lowest BCUT2D eigenvalue weighted by molar-refractivity contribution is 0.600. The summed E-state index contributed by atoms with van der Waals surface area (Å²) >= 11 is 0. The van der Waals surface area contributed by atoms with Gasteiger partial charge in [-0.05, 0) is 25.1 Å². The van der Waals surface area contributed by atoms with E-state index in [0.717, 1.165) is 37.7 Å². The highest BCUT2D eigenvalue weighted by atomic mass is 19.1. The van der Waals surface area contributed by atoms with E-state index in [4.69, 9.17) is 0 Å². The largest absolute Gasteiger partial charge is 0.352 e. The number of aromatic nitrogens is 6. The number of piperazine rings is 1. The second-order valence-electron chi connectivity index (χ2n) is 5.83. The molecule has 0 atom stereocenters. The van der Waals surface area contributed by atoms with Crippen LogP contribution in [0.25, 0.3) is 5.82 Å². The van der Waals surface area contributed by atoms with Gasteiger partial charge in [0.25, 0.3) is 0 Å². The van der Waals surface area contributed by atoms with Crippen LogP contribution in [-0.2, 0) is 0 Å². The molecule has 9 heteroatoms. The van der Waals surface area contributed by atoms with E-state index in [2.05, 4.69) is 30.2 Å². The van der Waals surface area contributed by atoms with Gasteiger partial charge in [-0.25, -0.2) is 19.0 Å². The zero-order valence-corrected chi connectivity index (χ0v) is 13.7. The Kier molecular flexibility index (Phi) is 3.96. The second kappa shape index (κ2) is 6.42. The van der Waals surface area contributed by atoms with Crippen molar-refractivity contribution in [2.75, 3.05) is 36.0 Å². The van der Waals surface area contributed by atoms with Gasteiger partial charge >= 0.3 is 0 Å². The molecule has 0 saturated carbocycles. The van der Waals surface area contributed by atoms with Crippen LogP contribution >= 0.6 is 0 Å². The van der Waals surface area contributed by atoms with E-state index in [0.29, 0.717) is 11.8 Å². The van der Waals surface area contributed by atoms with Gasteiger partial charge in [-0.3, -0.25) is 0 Å². The summed E-state index contributed by atoms with van der Waals surface area (Å²) in [6, 6.07) is 5.78. The van der Waals surface area contributed by atoms with Crippen LogP contribution in [0.4, 0.5) is 16.2 Å². The van der Waals surface area contributed by atoms with Gasteiger partial charge in [0.1, 0.15) is 0 Å². The SMILES string of the molecule is Cc1ccn(-c2ccc(N3CCN(c4ncc(F)cn4)CC3)nn2)n1. The average molecular weight is 340 g/mol. The van der Waals surface area contributed by atoms with Crippen LogP contribution in [0.2, 0.25) is 0 Å². The Hall–Kier alpha value is -3.10. The lowest BCUT2D eigenvalue weighted by Gasteiger charge is -2.35. The van der Waals surface area contributed by atoms with Gasteiger partial charge in [-0.15, -0.1) is 10.2 Å². The van der Waals surface area contributed by atoms with Crippen LogP contribution in [0.1, 0.15) is 5.69 Å². The van der Waals surface area contributed by atoms with Crippen molar-refractivity contribution in [3.05, 3.63) is 48.3 Å². The summed E-state index contributed by atoms with van der Waals surface area (Å²) in [6.45, 7) is 4.97. The Morgan fingerprint density at radius 1 is 0.880 bits per heavy atom. The van der Waals surface area contributed by atoms with Gasteiger partial charge in [-0.1, -0.05) is 0 Å². The van der Waals surface area contributed by atoms with Crippen LogP contribution in [0.15, 0.2) is 36.8 Å². The molecule has 1 fully saturated rings. The Labute approximate surface area is 144 Å². The molecule has 3 aromatic rings. The molecule has 0 unspecified atom stereocenters. The Morgan fingerprint density at radius 2 is 1.52 bits per heavy atom. The molecule has 4 heterocycles. The molecule has 0 spiro atoms. The number of hydrogen-bond donors (Lipinski definition) is 0. The molecular formula is C16H17FN8. The number of halogens is 1. The minimum absolute atomic E-state index is 0.426. The first-order valence-electron chi connectivity index (χ1n) is 8.03. The number of rotatable bonds is 3. The first-order chi connectivity index (χ1) is 12.2. The van der Waals surface area contributed by atoms with Crippen molar-refractivity contribution in [2.45, 2.75) is 6.92 Å². The molecule has 0 aliphatic carbocycles. The standard InChI is InChI=1S/C16H17FN8/c1-12-4-5-25(22-12)15-3-2-14(20-21-15)23-6-8-24(9-7-23)16-18-10-13(17)11-19-16/h2-5,10-11H,6-9H2,1H3.